The van der Waals surface area contributed by atoms with Crippen molar-refractivity contribution in [3.63, 3.8) is 0 Å². The van der Waals surface area contributed by atoms with E-state index >= 15 is 0 Å². The molecule has 0 heterocycles. The van der Waals surface area contributed by atoms with Crippen LogP contribution in [0.15, 0.2) is 0 Å². The van der Waals surface area contributed by atoms with Crippen LogP contribution >= 0.6 is 0 Å². The van der Waals surface area contributed by atoms with Gasteiger partial charge in [-0.2, -0.15) is 0 Å². The van der Waals surface area contributed by atoms with Crippen LogP contribution in [-0.2, 0) is 47.7 Å². The molecule has 1 atom stereocenters. The second kappa shape index (κ2) is 42.7. The summed E-state index contributed by atoms with van der Waals surface area (Å²) >= 11 is 0. The van der Waals surface area contributed by atoms with Gasteiger partial charge < -0.3 is 56.2 Å². The topological polar surface area (TPSA) is 254 Å². The highest BCUT2D eigenvalue weighted by Crippen LogP contribution is 2.14. The summed E-state index contributed by atoms with van der Waals surface area (Å²) in [6.45, 7) is 2.90. The molecule has 8 N–H and O–H groups in total. The summed E-state index contributed by atoms with van der Waals surface area (Å²) in [6.07, 6.45) is 22.2. The number of carbonyl (C=O) groups is 6. The van der Waals surface area contributed by atoms with Gasteiger partial charge in [-0.15, -0.1) is 0 Å². The largest absolute Gasteiger partial charge is 0.481 e. The van der Waals surface area contributed by atoms with Crippen LogP contribution in [0.1, 0.15) is 148 Å². The van der Waals surface area contributed by atoms with E-state index in [1.807, 2.05) is 0 Å². The SMILES string of the molecule is N[C@@H](CCCCNC(=O)COCCOCCNC(=O)COCCOCCNC(=O)CCCNC(=O)CCCCCCCCCCCCCCCCCCC(=O)O)C(=O)O. The van der Waals surface area contributed by atoms with Crippen molar-refractivity contribution in [2.45, 2.75) is 154 Å². The first-order valence-corrected chi connectivity index (χ1v) is 22.2. The van der Waals surface area contributed by atoms with Crippen molar-refractivity contribution in [1.82, 2.24) is 21.3 Å². The molecule has 0 aromatic carbocycles. The van der Waals surface area contributed by atoms with Crippen molar-refractivity contribution in [1.29, 1.82) is 0 Å². The molecule has 0 bridgehead atoms. The number of carbonyl (C=O) groups excluding carboxylic acids is 4. The highest BCUT2D eigenvalue weighted by Gasteiger charge is 2.10. The molecule has 0 aromatic rings. The summed E-state index contributed by atoms with van der Waals surface area (Å²) in [5.41, 5.74) is 5.42. The Kier molecular flexibility index (Phi) is 40.3. The Morgan fingerprint density at radius 1 is 0.390 bits per heavy atom. The number of ether oxygens (including phenoxy) is 4. The molecule has 344 valence electrons. The number of carboxylic acids is 2. The van der Waals surface area contributed by atoms with Gasteiger partial charge in [0.15, 0.2) is 0 Å². The van der Waals surface area contributed by atoms with E-state index in [9.17, 15) is 28.8 Å². The molecule has 0 rings (SSSR count). The minimum absolute atomic E-state index is 0.0394. The van der Waals surface area contributed by atoms with Gasteiger partial charge in [0.05, 0.1) is 39.6 Å². The first-order valence-electron chi connectivity index (χ1n) is 22.2. The lowest BCUT2D eigenvalue weighted by Gasteiger charge is -2.09. The number of carboxylic acid groups (broad SMARTS) is 2. The number of aliphatic carboxylic acids is 2. The number of amides is 4. The van der Waals surface area contributed by atoms with Gasteiger partial charge in [0.1, 0.15) is 19.3 Å². The number of nitrogens with one attached hydrogen (secondary N) is 4. The molecule has 59 heavy (non-hydrogen) atoms. The van der Waals surface area contributed by atoms with Crippen molar-refractivity contribution >= 4 is 35.6 Å². The van der Waals surface area contributed by atoms with Crippen LogP contribution in [0.25, 0.3) is 0 Å². The third-order valence-corrected chi connectivity index (χ3v) is 9.38. The minimum Gasteiger partial charge on any atom is -0.481 e. The molecule has 0 unspecified atom stereocenters. The predicted octanol–water partition coefficient (Wildman–Crippen LogP) is 3.99. The van der Waals surface area contributed by atoms with Crippen molar-refractivity contribution in [3.05, 3.63) is 0 Å². The first kappa shape index (κ1) is 55.6. The lowest BCUT2D eigenvalue weighted by molar-refractivity contribution is -0.139. The Hall–Kier alpha value is -3.38. The minimum atomic E-state index is -1.03. The summed E-state index contributed by atoms with van der Waals surface area (Å²) in [6, 6.07) is -0.885. The number of unbranched alkanes of at least 4 members (excludes halogenated alkanes) is 16. The number of nitrogens with two attached hydrogens (primary N) is 1. The molecule has 0 aromatic heterocycles. The Labute approximate surface area is 352 Å². The molecule has 0 fully saturated rings. The molecule has 0 spiro atoms. The van der Waals surface area contributed by atoms with Crippen LogP contribution in [0.2, 0.25) is 0 Å². The van der Waals surface area contributed by atoms with Crippen molar-refractivity contribution in [3.8, 4) is 0 Å². The van der Waals surface area contributed by atoms with E-state index in [2.05, 4.69) is 21.3 Å². The van der Waals surface area contributed by atoms with Gasteiger partial charge in [-0.3, -0.25) is 28.8 Å². The highest BCUT2D eigenvalue weighted by atomic mass is 16.5. The van der Waals surface area contributed by atoms with Gasteiger partial charge >= 0.3 is 11.9 Å². The van der Waals surface area contributed by atoms with Gasteiger partial charge in [-0.1, -0.05) is 89.9 Å². The van der Waals surface area contributed by atoms with E-state index in [4.69, 9.17) is 34.9 Å². The quantitative estimate of drug-likeness (QED) is 0.0429. The molecule has 0 aliphatic carbocycles. The zero-order chi connectivity index (χ0) is 43.4. The highest BCUT2D eigenvalue weighted by molar-refractivity contribution is 5.78. The van der Waals surface area contributed by atoms with Crippen LogP contribution in [0.5, 0.6) is 0 Å². The second-order valence-corrected chi connectivity index (χ2v) is 14.8. The van der Waals surface area contributed by atoms with E-state index in [0.29, 0.717) is 77.7 Å². The smallest absolute Gasteiger partial charge is 0.320 e. The fourth-order valence-electron chi connectivity index (χ4n) is 5.93. The molecule has 17 heteroatoms. The Balaban J connectivity index is 3.38. The van der Waals surface area contributed by atoms with Crippen LogP contribution in [-0.4, -0.2) is 131 Å². The lowest BCUT2D eigenvalue weighted by Crippen LogP contribution is -2.32. The molecular formula is C42H79N5O12. The van der Waals surface area contributed by atoms with Gasteiger partial charge in [-0.25, -0.2) is 0 Å². The molecular weight excluding hydrogens is 766 g/mol. The third-order valence-electron chi connectivity index (χ3n) is 9.38. The van der Waals surface area contributed by atoms with Gasteiger partial charge in [0.25, 0.3) is 0 Å². The Morgan fingerprint density at radius 3 is 1.20 bits per heavy atom. The third kappa shape index (κ3) is 44.0. The van der Waals surface area contributed by atoms with Crippen LogP contribution in [0.4, 0.5) is 0 Å². The normalized spacial score (nSPS) is 11.5. The average molecular weight is 846 g/mol. The van der Waals surface area contributed by atoms with Gasteiger partial charge in [-0.05, 0) is 38.5 Å². The van der Waals surface area contributed by atoms with Crippen molar-refractivity contribution < 1.29 is 57.9 Å². The zero-order valence-corrected chi connectivity index (χ0v) is 35.9. The van der Waals surface area contributed by atoms with Crippen LogP contribution in [0, 0.1) is 0 Å². The fourth-order valence-corrected chi connectivity index (χ4v) is 5.93. The van der Waals surface area contributed by atoms with Crippen molar-refractivity contribution in [2.24, 2.45) is 5.73 Å². The summed E-state index contributed by atoms with van der Waals surface area (Å²) in [5, 5.41) is 28.4. The lowest BCUT2D eigenvalue weighted by atomic mass is 10.0. The summed E-state index contributed by atoms with van der Waals surface area (Å²) in [5.74, 6) is -2.34. The molecule has 0 radical (unpaired) electrons. The predicted molar refractivity (Wildman–Crippen MR) is 225 cm³/mol. The molecule has 0 aliphatic heterocycles. The summed E-state index contributed by atoms with van der Waals surface area (Å²) < 4.78 is 21.3. The van der Waals surface area contributed by atoms with E-state index in [0.717, 1.165) is 38.5 Å². The van der Waals surface area contributed by atoms with Gasteiger partial charge in [0, 0.05) is 45.4 Å². The molecule has 0 aliphatic rings. The van der Waals surface area contributed by atoms with E-state index in [-0.39, 0.29) is 69.9 Å². The van der Waals surface area contributed by atoms with Crippen LogP contribution in [0.3, 0.4) is 0 Å². The zero-order valence-electron chi connectivity index (χ0n) is 35.9. The molecule has 0 saturated carbocycles. The maximum atomic E-state index is 12.1. The van der Waals surface area contributed by atoms with Gasteiger partial charge in [0.2, 0.25) is 23.6 Å². The first-order chi connectivity index (χ1) is 28.6. The molecule has 17 nitrogen and oxygen atoms in total. The second-order valence-electron chi connectivity index (χ2n) is 14.8. The van der Waals surface area contributed by atoms with E-state index in [1.165, 1.54) is 64.2 Å². The fraction of sp³-hybridized carbons (Fsp3) is 0.857. The van der Waals surface area contributed by atoms with E-state index in [1.54, 1.807) is 0 Å². The molecule has 4 amide bonds. The maximum Gasteiger partial charge on any atom is 0.320 e. The average Bonchev–Trinajstić information content (AvgIpc) is 3.20. The monoisotopic (exact) mass is 846 g/mol. The molecule has 0 saturated heterocycles. The Bertz CT molecular complexity index is 1080. The standard InChI is InChI=1S/C42H79N5O12/c43-36(42(54)55)20-17-18-24-45-39(50)34-58-32-31-57-29-27-47-40(51)35-59-33-30-56-28-26-46-38(49)22-19-25-44-37(48)21-15-13-11-9-7-5-3-1-2-4-6-8-10-12-14-16-23-41(52)53/h36H,1-35,43H2,(H,44,48)(H,45,50)(H,46,49)(H,47,51)(H,52,53)(H,54,55)/t36-/m0/s1. The number of hydrogen-bond acceptors (Lipinski definition) is 11. The number of rotatable bonds is 45. The summed E-state index contributed by atoms with van der Waals surface area (Å²) in [4.78, 5) is 68.8. The summed E-state index contributed by atoms with van der Waals surface area (Å²) in [7, 11) is 0. The van der Waals surface area contributed by atoms with Crippen LogP contribution < -0.4 is 27.0 Å². The number of hydrogen-bond donors (Lipinski definition) is 7. The van der Waals surface area contributed by atoms with E-state index < -0.39 is 18.0 Å². The van der Waals surface area contributed by atoms with Crippen molar-refractivity contribution in [2.75, 3.05) is 79.0 Å². The maximum absolute atomic E-state index is 12.1. The Morgan fingerprint density at radius 2 is 0.746 bits per heavy atom.